The number of rotatable bonds is 3. The minimum absolute atomic E-state index is 0.0200. The summed E-state index contributed by atoms with van der Waals surface area (Å²) in [4.78, 5) is 16.1. The van der Waals surface area contributed by atoms with Crippen molar-refractivity contribution in [3.8, 4) is 5.69 Å². The predicted molar refractivity (Wildman–Crippen MR) is 80.7 cm³/mol. The molecule has 2 aromatic carbocycles. The lowest BCUT2D eigenvalue weighted by molar-refractivity contribution is 0.102. The van der Waals surface area contributed by atoms with Crippen molar-refractivity contribution in [1.29, 1.82) is 0 Å². The molecule has 0 saturated carbocycles. The van der Waals surface area contributed by atoms with E-state index in [1.165, 1.54) is 29.5 Å². The first-order valence-electron chi connectivity index (χ1n) is 6.45. The van der Waals surface area contributed by atoms with Crippen LogP contribution < -0.4 is 5.32 Å². The fourth-order valence-electron chi connectivity index (χ4n) is 1.97. The Morgan fingerprint density at radius 1 is 1.13 bits per heavy atom. The molecule has 0 aliphatic carbocycles. The van der Waals surface area contributed by atoms with Crippen LogP contribution in [-0.2, 0) is 0 Å². The summed E-state index contributed by atoms with van der Waals surface area (Å²) in [5, 5.41) is 6.98. The van der Waals surface area contributed by atoms with Gasteiger partial charge in [0, 0.05) is 10.6 Å². The van der Waals surface area contributed by atoms with E-state index < -0.39 is 17.5 Å². The zero-order chi connectivity index (χ0) is 16.4. The van der Waals surface area contributed by atoms with Crippen molar-refractivity contribution < 1.29 is 13.6 Å². The molecular weight excluding hydrogens is 326 g/mol. The molecule has 0 spiro atoms. The van der Waals surface area contributed by atoms with E-state index in [4.69, 9.17) is 11.6 Å². The first-order chi connectivity index (χ1) is 11.0. The number of anilines is 1. The van der Waals surface area contributed by atoms with E-state index in [-0.39, 0.29) is 5.56 Å². The lowest BCUT2D eigenvalue weighted by atomic mass is 10.2. The summed E-state index contributed by atoms with van der Waals surface area (Å²) in [6.07, 6.45) is 2.80. The number of nitrogens with one attached hydrogen (secondary N) is 1. The fourth-order valence-corrected chi connectivity index (χ4v) is 2.14. The second kappa shape index (κ2) is 6.13. The molecule has 116 valence electrons. The first kappa shape index (κ1) is 15.1. The molecule has 1 aromatic heterocycles. The van der Waals surface area contributed by atoms with Crippen LogP contribution in [0.3, 0.4) is 0 Å². The lowest BCUT2D eigenvalue weighted by Crippen LogP contribution is -2.14. The summed E-state index contributed by atoms with van der Waals surface area (Å²) < 4.78 is 27.6. The summed E-state index contributed by atoms with van der Waals surface area (Å²) in [6.45, 7) is 0. The van der Waals surface area contributed by atoms with Crippen molar-refractivity contribution in [3.05, 3.63) is 71.3 Å². The Hall–Kier alpha value is -2.80. The number of amides is 1. The number of benzene rings is 2. The standard InChI is InChI=1S/C15H9ClF2N4O/c16-10-2-4-14(22-8-19-7-20-22)13(6-10)21-15(23)9-1-3-11(17)12(18)5-9/h1-8H,(H,21,23). The lowest BCUT2D eigenvalue weighted by Gasteiger charge is -2.11. The maximum absolute atomic E-state index is 13.2. The van der Waals surface area contributed by atoms with Crippen LogP contribution in [0.4, 0.5) is 14.5 Å². The van der Waals surface area contributed by atoms with Gasteiger partial charge in [0.25, 0.3) is 5.91 Å². The smallest absolute Gasteiger partial charge is 0.255 e. The van der Waals surface area contributed by atoms with Gasteiger partial charge in [-0.1, -0.05) is 11.6 Å². The normalized spacial score (nSPS) is 10.6. The third kappa shape index (κ3) is 3.19. The number of halogens is 3. The molecule has 0 radical (unpaired) electrons. The largest absolute Gasteiger partial charge is 0.320 e. The van der Waals surface area contributed by atoms with Crippen molar-refractivity contribution in [3.63, 3.8) is 0 Å². The molecule has 0 aliphatic rings. The van der Waals surface area contributed by atoms with Crippen LogP contribution in [0.1, 0.15) is 10.4 Å². The minimum atomic E-state index is -1.10. The highest BCUT2D eigenvalue weighted by molar-refractivity contribution is 6.31. The summed E-state index contributed by atoms with van der Waals surface area (Å²) in [7, 11) is 0. The predicted octanol–water partition coefficient (Wildman–Crippen LogP) is 3.45. The third-order valence-corrected chi connectivity index (χ3v) is 3.29. The van der Waals surface area contributed by atoms with Gasteiger partial charge in [-0.2, -0.15) is 5.10 Å². The Balaban J connectivity index is 1.94. The van der Waals surface area contributed by atoms with E-state index in [1.807, 2.05) is 0 Å². The molecule has 3 aromatic rings. The van der Waals surface area contributed by atoms with Crippen molar-refractivity contribution in [2.75, 3.05) is 5.32 Å². The molecule has 0 aliphatic heterocycles. The van der Waals surface area contributed by atoms with Crippen molar-refractivity contribution >= 4 is 23.2 Å². The SMILES string of the molecule is O=C(Nc1cc(Cl)ccc1-n1cncn1)c1ccc(F)c(F)c1. The van der Waals surface area contributed by atoms with E-state index in [0.29, 0.717) is 16.4 Å². The molecule has 3 rings (SSSR count). The first-order valence-corrected chi connectivity index (χ1v) is 6.83. The van der Waals surface area contributed by atoms with E-state index in [1.54, 1.807) is 12.1 Å². The molecule has 0 fully saturated rings. The zero-order valence-electron chi connectivity index (χ0n) is 11.5. The van der Waals surface area contributed by atoms with Crippen LogP contribution in [0.15, 0.2) is 49.1 Å². The Bertz CT molecular complexity index is 868. The average Bonchev–Trinajstić information content (AvgIpc) is 3.04. The number of carbonyl (C=O) groups excluding carboxylic acids is 1. The zero-order valence-corrected chi connectivity index (χ0v) is 12.3. The highest BCUT2D eigenvalue weighted by Gasteiger charge is 2.13. The van der Waals surface area contributed by atoms with Gasteiger partial charge in [0.2, 0.25) is 0 Å². The summed E-state index contributed by atoms with van der Waals surface area (Å²) in [6, 6.07) is 7.71. The van der Waals surface area contributed by atoms with Crippen LogP contribution in [0, 0.1) is 11.6 Å². The number of carbonyl (C=O) groups is 1. The number of nitrogens with zero attached hydrogens (tertiary/aromatic N) is 3. The molecule has 0 atom stereocenters. The Morgan fingerprint density at radius 2 is 1.96 bits per heavy atom. The molecule has 0 saturated heterocycles. The molecule has 0 unspecified atom stereocenters. The summed E-state index contributed by atoms with van der Waals surface area (Å²) in [5.74, 6) is -2.72. The van der Waals surface area contributed by atoms with E-state index in [2.05, 4.69) is 15.4 Å². The molecule has 5 nitrogen and oxygen atoms in total. The van der Waals surface area contributed by atoms with E-state index in [9.17, 15) is 13.6 Å². The Morgan fingerprint density at radius 3 is 2.65 bits per heavy atom. The second-order valence-corrected chi connectivity index (χ2v) is 5.02. The molecule has 0 bridgehead atoms. The Kier molecular flexibility index (Phi) is 4.03. The third-order valence-electron chi connectivity index (χ3n) is 3.05. The maximum atomic E-state index is 13.2. The van der Waals surface area contributed by atoms with Crippen molar-refractivity contribution in [2.24, 2.45) is 0 Å². The number of hydrogen-bond acceptors (Lipinski definition) is 3. The molecule has 1 amide bonds. The van der Waals surface area contributed by atoms with Gasteiger partial charge in [-0.25, -0.2) is 18.4 Å². The van der Waals surface area contributed by atoms with Crippen molar-refractivity contribution in [2.45, 2.75) is 0 Å². The summed E-state index contributed by atoms with van der Waals surface area (Å²) in [5.41, 5.74) is 0.869. The van der Waals surface area contributed by atoms with Gasteiger partial charge >= 0.3 is 0 Å². The number of aromatic nitrogens is 3. The topological polar surface area (TPSA) is 59.8 Å². The quantitative estimate of drug-likeness (QED) is 0.798. The van der Waals surface area contributed by atoms with Crippen LogP contribution in [-0.4, -0.2) is 20.7 Å². The molecule has 8 heteroatoms. The van der Waals surface area contributed by atoms with Crippen LogP contribution in [0.25, 0.3) is 5.69 Å². The molecule has 1 N–H and O–H groups in total. The molecular formula is C15H9ClF2N4O. The average molecular weight is 335 g/mol. The van der Waals surface area contributed by atoms with Gasteiger partial charge < -0.3 is 5.32 Å². The van der Waals surface area contributed by atoms with Gasteiger partial charge in [0.05, 0.1) is 11.4 Å². The van der Waals surface area contributed by atoms with Gasteiger partial charge in [0.15, 0.2) is 11.6 Å². The second-order valence-electron chi connectivity index (χ2n) is 4.58. The van der Waals surface area contributed by atoms with Crippen LogP contribution in [0.2, 0.25) is 5.02 Å². The van der Waals surface area contributed by atoms with Gasteiger partial charge in [0.1, 0.15) is 12.7 Å². The molecule has 23 heavy (non-hydrogen) atoms. The van der Waals surface area contributed by atoms with Crippen molar-refractivity contribution in [1.82, 2.24) is 14.8 Å². The van der Waals surface area contributed by atoms with E-state index >= 15 is 0 Å². The highest BCUT2D eigenvalue weighted by Crippen LogP contribution is 2.24. The monoisotopic (exact) mass is 334 g/mol. The Labute approximate surface area is 134 Å². The van der Waals surface area contributed by atoms with Gasteiger partial charge in [-0.15, -0.1) is 0 Å². The van der Waals surface area contributed by atoms with E-state index in [0.717, 1.165) is 12.1 Å². The number of hydrogen-bond donors (Lipinski definition) is 1. The van der Waals surface area contributed by atoms with Crippen LogP contribution in [0.5, 0.6) is 0 Å². The minimum Gasteiger partial charge on any atom is -0.320 e. The van der Waals surface area contributed by atoms with Crippen LogP contribution >= 0.6 is 11.6 Å². The summed E-state index contributed by atoms with van der Waals surface area (Å²) >= 11 is 5.95. The maximum Gasteiger partial charge on any atom is 0.255 e. The fraction of sp³-hybridized carbons (Fsp3) is 0. The van der Waals surface area contributed by atoms with Gasteiger partial charge in [-0.3, -0.25) is 4.79 Å². The highest BCUT2D eigenvalue weighted by atomic mass is 35.5. The van der Waals surface area contributed by atoms with Gasteiger partial charge in [-0.05, 0) is 36.4 Å². The molecule has 1 heterocycles.